The van der Waals surface area contributed by atoms with Gasteiger partial charge in [-0.15, -0.1) is 0 Å². The summed E-state index contributed by atoms with van der Waals surface area (Å²) in [7, 11) is 0. The van der Waals surface area contributed by atoms with Crippen LogP contribution in [0.2, 0.25) is 0 Å². The lowest BCUT2D eigenvalue weighted by atomic mass is 10.00. The number of hydrogen-bond acceptors (Lipinski definition) is 6. The standard InChI is InChI=1S/C25H24F3N5O4/c26-25(27,28)14-37-22-12-20(32-16-29-15-30-32)6-5-17(22)11-23(34)31-9-7-19(8-10-31)33-21-4-2-1-3-18(21)13-36-24(33)35/h1-6,12,15-16,19H,7-11,13-14H2. The van der Waals surface area contributed by atoms with E-state index < -0.39 is 18.9 Å². The Kier molecular flexibility index (Phi) is 6.72. The molecule has 2 amide bonds. The predicted molar refractivity (Wildman–Crippen MR) is 125 cm³/mol. The molecular weight excluding hydrogens is 491 g/mol. The second kappa shape index (κ2) is 10.1. The third kappa shape index (κ3) is 5.52. The number of likely N-dealkylation sites (tertiary alicyclic amines) is 1. The topological polar surface area (TPSA) is 89.8 Å². The molecule has 0 spiro atoms. The fourth-order valence-electron chi connectivity index (χ4n) is 4.64. The van der Waals surface area contributed by atoms with E-state index in [4.69, 9.17) is 9.47 Å². The fraction of sp³-hybridized carbons (Fsp3) is 0.360. The Bertz CT molecular complexity index is 1270. The smallest absolute Gasteiger partial charge is 0.422 e. The van der Waals surface area contributed by atoms with E-state index in [1.165, 1.54) is 23.4 Å². The summed E-state index contributed by atoms with van der Waals surface area (Å²) < 4.78 is 50.3. The van der Waals surface area contributed by atoms with Crippen molar-refractivity contribution >= 4 is 17.7 Å². The minimum absolute atomic E-state index is 0.0405. The minimum atomic E-state index is -4.53. The van der Waals surface area contributed by atoms with E-state index >= 15 is 0 Å². The Balaban J connectivity index is 1.26. The quantitative estimate of drug-likeness (QED) is 0.495. The molecule has 0 N–H and O–H groups in total. The maximum Gasteiger partial charge on any atom is 0.422 e. The summed E-state index contributed by atoms with van der Waals surface area (Å²) >= 11 is 0. The van der Waals surface area contributed by atoms with Gasteiger partial charge in [-0.05, 0) is 25.0 Å². The molecule has 0 unspecified atom stereocenters. The molecule has 2 aliphatic rings. The number of alkyl halides is 3. The third-order valence-electron chi connectivity index (χ3n) is 6.45. The highest BCUT2D eigenvalue weighted by atomic mass is 19.4. The van der Waals surface area contributed by atoms with Crippen molar-refractivity contribution in [1.29, 1.82) is 0 Å². The van der Waals surface area contributed by atoms with Gasteiger partial charge in [-0.2, -0.15) is 18.3 Å². The molecule has 0 bridgehead atoms. The van der Waals surface area contributed by atoms with Gasteiger partial charge in [0.2, 0.25) is 5.91 Å². The number of carbonyl (C=O) groups is 2. The largest absolute Gasteiger partial charge is 0.484 e. The Hall–Kier alpha value is -4.09. The Morgan fingerprint density at radius 1 is 1.14 bits per heavy atom. The summed E-state index contributed by atoms with van der Waals surface area (Å²) in [6.07, 6.45) is -1.23. The van der Waals surface area contributed by atoms with Gasteiger partial charge in [0.25, 0.3) is 0 Å². The van der Waals surface area contributed by atoms with Gasteiger partial charge in [-0.1, -0.05) is 24.3 Å². The van der Waals surface area contributed by atoms with Crippen LogP contribution in [0.5, 0.6) is 5.75 Å². The number of halogens is 3. The lowest BCUT2D eigenvalue weighted by Crippen LogP contribution is -2.50. The molecule has 3 heterocycles. The molecule has 3 aromatic rings. The summed E-state index contributed by atoms with van der Waals surface area (Å²) in [5.41, 5.74) is 2.55. The molecule has 0 saturated carbocycles. The number of piperidine rings is 1. The molecule has 1 saturated heterocycles. The minimum Gasteiger partial charge on any atom is -0.484 e. The molecule has 0 radical (unpaired) electrons. The van der Waals surface area contributed by atoms with Crippen LogP contribution in [0.1, 0.15) is 24.0 Å². The third-order valence-corrected chi connectivity index (χ3v) is 6.45. The number of amides is 2. The van der Waals surface area contributed by atoms with Gasteiger partial charge in [0.1, 0.15) is 25.0 Å². The summed E-state index contributed by atoms with van der Waals surface area (Å²) in [5.74, 6) is -0.272. The highest BCUT2D eigenvalue weighted by Gasteiger charge is 2.35. The highest BCUT2D eigenvalue weighted by molar-refractivity contribution is 5.91. The van der Waals surface area contributed by atoms with Crippen LogP contribution in [0.4, 0.5) is 23.7 Å². The molecule has 0 atom stereocenters. The number of hydrogen-bond donors (Lipinski definition) is 0. The fourth-order valence-corrected chi connectivity index (χ4v) is 4.64. The second-order valence-electron chi connectivity index (χ2n) is 8.88. The number of carbonyl (C=O) groups excluding carboxylic acids is 2. The molecule has 5 rings (SSSR count). The predicted octanol–water partition coefficient (Wildman–Crippen LogP) is 3.90. The summed E-state index contributed by atoms with van der Waals surface area (Å²) in [6.45, 7) is -0.429. The highest BCUT2D eigenvalue weighted by Crippen LogP contribution is 2.32. The lowest BCUT2D eigenvalue weighted by molar-refractivity contribution is -0.153. The van der Waals surface area contributed by atoms with Crippen LogP contribution in [-0.4, -0.2) is 63.6 Å². The lowest BCUT2D eigenvalue weighted by Gasteiger charge is -2.40. The number of nitrogens with zero attached hydrogens (tertiary/aromatic N) is 5. The first-order valence-corrected chi connectivity index (χ1v) is 11.8. The van der Waals surface area contributed by atoms with Crippen LogP contribution in [-0.2, 0) is 22.6 Å². The zero-order chi connectivity index (χ0) is 26.0. The van der Waals surface area contributed by atoms with Gasteiger partial charge in [-0.3, -0.25) is 9.69 Å². The Morgan fingerprint density at radius 2 is 1.92 bits per heavy atom. The van der Waals surface area contributed by atoms with Crippen molar-refractivity contribution < 1.29 is 32.2 Å². The number of ether oxygens (including phenoxy) is 2. The van der Waals surface area contributed by atoms with Crippen molar-refractivity contribution in [3.8, 4) is 11.4 Å². The summed E-state index contributed by atoms with van der Waals surface area (Å²) in [4.78, 5) is 32.8. The van der Waals surface area contributed by atoms with E-state index in [0.29, 0.717) is 37.2 Å². The number of fused-ring (bicyclic) bond motifs is 1. The van der Waals surface area contributed by atoms with Gasteiger partial charge in [0.05, 0.1) is 17.8 Å². The zero-order valence-corrected chi connectivity index (χ0v) is 19.7. The average Bonchev–Trinajstić information content (AvgIpc) is 3.43. The van der Waals surface area contributed by atoms with Crippen molar-refractivity contribution in [3.05, 3.63) is 66.2 Å². The van der Waals surface area contributed by atoms with E-state index in [-0.39, 0.29) is 30.7 Å². The maximum absolute atomic E-state index is 13.1. The molecule has 2 aromatic carbocycles. The van der Waals surface area contributed by atoms with E-state index in [9.17, 15) is 22.8 Å². The summed E-state index contributed by atoms with van der Waals surface area (Å²) in [5, 5.41) is 3.98. The van der Waals surface area contributed by atoms with E-state index in [2.05, 4.69) is 10.1 Å². The van der Waals surface area contributed by atoms with Crippen LogP contribution >= 0.6 is 0 Å². The van der Waals surface area contributed by atoms with Gasteiger partial charge in [0.15, 0.2) is 6.61 Å². The Labute approximate surface area is 210 Å². The van der Waals surface area contributed by atoms with Crippen LogP contribution in [0.3, 0.4) is 0 Å². The van der Waals surface area contributed by atoms with E-state index in [0.717, 1.165) is 11.3 Å². The normalized spacial score (nSPS) is 16.4. The maximum atomic E-state index is 13.1. The molecule has 1 aromatic heterocycles. The van der Waals surface area contributed by atoms with Crippen molar-refractivity contribution in [2.75, 3.05) is 24.6 Å². The van der Waals surface area contributed by atoms with Crippen LogP contribution in [0, 0.1) is 0 Å². The second-order valence-corrected chi connectivity index (χ2v) is 8.88. The number of anilines is 1. The van der Waals surface area contributed by atoms with Crippen LogP contribution in [0.15, 0.2) is 55.1 Å². The van der Waals surface area contributed by atoms with Crippen molar-refractivity contribution in [2.45, 2.75) is 38.1 Å². The molecule has 37 heavy (non-hydrogen) atoms. The number of cyclic esters (lactones) is 1. The van der Waals surface area contributed by atoms with Gasteiger partial charge in [0, 0.05) is 36.3 Å². The monoisotopic (exact) mass is 515 g/mol. The molecular formula is C25H24F3N5O4. The summed E-state index contributed by atoms with van der Waals surface area (Å²) in [6, 6.07) is 12.1. The molecule has 9 nitrogen and oxygen atoms in total. The molecule has 1 fully saturated rings. The number of rotatable bonds is 6. The molecule has 0 aliphatic carbocycles. The van der Waals surface area contributed by atoms with Crippen molar-refractivity contribution in [2.24, 2.45) is 0 Å². The first-order valence-electron chi connectivity index (χ1n) is 11.8. The van der Waals surface area contributed by atoms with E-state index in [1.54, 1.807) is 21.9 Å². The molecule has 194 valence electrons. The molecule has 2 aliphatic heterocycles. The zero-order valence-electron chi connectivity index (χ0n) is 19.7. The van der Waals surface area contributed by atoms with Crippen molar-refractivity contribution in [1.82, 2.24) is 19.7 Å². The molecule has 12 heteroatoms. The average molecular weight is 515 g/mol. The number of aromatic nitrogens is 3. The first kappa shape index (κ1) is 24.6. The van der Waals surface area contributed by atoms with Gasteiger partial charge >= 0.3 is 12.3 Å². The SMILES string of the molecule is O=C(Cc1ccc(-n2cncn2)cc1OCC(F)(F)F)N1CCC(N2C(=O)OCc3ccccc32)CC1. The number of benzene rings is 2. The van der Waals surface area contributed by atoms with Gasteiger partial charge in [-0.25, -0.2) is 14.5 Å². The van der Waals surface area contributed by atoms with Crippen LogP contribution in [0.25, 0.3) is 5.69 Å². The first-order chi connectivity index (χ1) is 17.8. The Morgan fingerprint density at radius 3 is 2.65 bits per heavy atom. The van der Waals surface area contributed by atoms with Crippen molar-refractivity contribution in [3.63, 3.8) is 0 Å². The van der Waals surface area contributed by atoms with Crippen LogP contribution < -0.4 is 9.64 Å². The number of para-hydroxylation sites is 1. The van der Waals surface area contributed by atoms with E-state index in [1.807, 2.05) is 24.3 Å². The van der Waals surface area contributed by atoms with Gasteiger partial charge < -0.3 is 14.4 Å².